The number of carboxylic acids is 1. The molecule has 0 bridgehead atoms. The first-order valence-electron chi connectivity index (χ1n) is 34.3. The Kier molecular flexibility index (Phi) is 54.8. The highest BCUT2D eigenvalue weighted by Gasteiger charge is 2.50. The lowest BCUT2D eigenvalue weighted by atomic mass is 9.98. The Morgan fingerprint density at radius 1 is 0.410 bits per heavy atom. The SMILES string of the molecule is CC/C=C\C/C=C\C/C=C\CCCCCCCC(=O)OC(COC(=O)CCCCCCCCCCCCCCCCCCCCC)COC1OC(C(=O)O)C(O)C(O)C1OC(=O)CCCCCCCCCCC/C=C\C/C=C\CCCCC. The average molecular weight is 1170 g/mol. The van der Waals surface area contributed by atoms with Crippen molar-refractivity contribution in [2.75, 3.05) is 13.2 Å². The molecule has 0 saturated carbocycles. The lowest BCUT2D eigenvalue weighted by Gasteiger charge is -2.40. The molecule has 3 N–H and O–H groups in total. The summed E-state index contributed by atoms with van der Waals surface area (Å²) >= 11 is 0. The van der Waals surface area contributed by atoms with E-state index in [1.165, 1.54) is 148 Å². The van der Waals surface area contributed by atoms with Crippen LogP contribution in [0.25, 0.3) is 0 Å². The van der Waals surface area contributed by atoms with Crippen molar-refractivity contribution in [3.8, 4) is 0 Å². The van der Waals surface area contributed by atoms with Crippen molar-refractivity contribution in [2.24, 2.45) is 0 Å². The zero-order chi connectivity index (χ0) is 60.3. The quantitative estimate of drug-likeness (QED) is 0.0228. The molecule has 0 amide bonds. The first-order chi connectivity index (χ1) is 40.6. The van der Waals surface area contributed by atoms with Crippen molar-refractivity contribution in [3.63, 3.8) is 0 Å². The highest BCUT2D eigenvalue weighted by Crippen LogP contribution is 2.27. The van der Waals surface area contributed by atoms with Crippen LogP contribution in [0.5, 0.6) is 0 Å². The number of aliphatic hydroxyl groups is 2. The standard InChI is InChI=1S/C71H124O12/c1-4-7-10-13-16-19-22-25-28-30-32-34-37-39-42-45-48-51-54-57-63(72)79-60-62(81-64(73)58-55-52-49-46-43-40-36-27-24-21-18-15-12-9-6-3)61-80-71-69(67(76)66(75)68(83-71)70(77)78)82-65(74)59-56-53-50-47-44-41-38-35-33-31-29-26-23-20-17-14-11-8-5-2/h9,12,17-18,20-21,26-27,29,36,62,66-69,71,75-76H,4-8,10-11,13-16,19,22-25,28,30-35,37-61H2,1-3H3,(H,77,78)/b12-9-,20-17-,21-18-,29-26-,36-27-. The molecule has 12 nitrogen and oxygen atoms in total. The Hall–Kier alpha value is -3.58. The third kappa shape index (κ3) is 48.3. The molecule has 1 aliphatic heterocycles. The zero-order valence-corrected chi connectivity index (χ0v) is 53.2. The molecule has 6 unspecified atom stereocenters. The molecule has 0 aromatic carbocycles. The van der Waals surface area contributed by atoms with E-state index in [1.807, 2.05) is 0 Å². The second kappa shape index (κ2) is 58.8. The average Bonchev–Trinajstić information content (AvgIpc) is 3.60. The van der Waals surface area contributed by atoms with Gasteiger partial charge in [0.15, 0.2) is 24.6 Å². The number of allylic oxidation sites excluding steroid dienone is 10. The van der Waals surface area contributed by atoms with Gasteiger partial charge in [-0.05, 0) is 83.5 Å². The summed E-state index contributed by atoms with van der Waals surface area (Å²) in [5.74, 6) is -3.12. The molecule has 480 valence electrons. The van der Waals surface area contributed by atoms with Crippen LogP contribution in [-0.2, 0) is 42.9 Å². The summed E-state index contributed by atoms with van der Waals surface area (Å²) in [5.41, 5.74) is 0. The molecule has 0 radical (unpaired) electrons. The number of carboxylic acid groups (broad SMARTS) is 1. The van der Waals surface area contributed by atoms with Crippen LogP contribution in [0.1, 0.15) is 316 Å². The summed E-state index contributed by atoms with van der Waals surface area (Å²) in [7, 11) is 0. The van der Waals surface area contributed by atoms with Crippen molar-refractivity contribution in [3.05, 3.63) is 60.8 Å². The smallest absolute Gasteiger partial charge is 0.335 e. The predicted octanol–water partition coefficient (Wildman–Crippen LogP) is 18.7. The van der Waals surface area contributed by atoms with E-state index in [2.05, 4.69) is 81.5 Å². The minimum absolute atomic E-state index is 0.0543. The first-order valence-corrected chi connectivity index (χ1v) is 34.3. The molecule has 1 saturated heterocycles. The molecule has 83 heavy (non-hydrogen) atoms. The highest BCUT2D eigenvalue weighted by molar-refractivity contribution is 5.74. The fourth-order valence-electron chi connectivity index (χ4n) is 10.4. The van der Waals surface area contributed by atoms with Gasteiger partial charge in [0.25, 0.3) is 0 Å². The van der Waals surface area contributed by atoms with Crippen LogP contribution < -0.4 is 0 Å². The molecular weight excluding hydrogens is 1040 g/mol. The monoisotopic (exact) mass is 1170 g/mol. The van der Waals surface area contributed by atoms with E-state index in [9.17, 15) is 34.5 Å². The van der Waals surface area contributed by atoms with Gasteiger partial charge in [0, 0.05) is 19.3 Å². The normalized spacial score (nSPS) is 17.9. The Bertz CT molecular complexity index is 1670. The van der Waals surface area contributed by atoms with Gasteiger partial charge in [-0.3, -0.25) is 14.4 Å². The van der Waals surface area contributed by atoms with Gasteiger partial charge in [0.2, 0.25) is 0 Å². The number of hydrogen-bond donors (Lipinski definition) is 3. The Labute approximate surface area is 506 Å². The van der Waals surface area contributed by atoms with Crippen LogP contribution in [-0.4, -0.2) is 89.2 Å². The second-order valence-corrected chi connectivity index (χ2v) is 23.4. The number of hydrogen-bond acceptors (Lipinski definition) is 11. The van der Waals surface area contributed by atoms with Crippen LogP contribution in [0.4, 0.5) is 0 Å². The number of carbonyl (C=O) groups is 4. The summed E-state index contributed by atoms with van der Waals surface area (Å²) in [6.07, 6.45) is 61.8. The van der Waals surface area contributed by atoms with Crippen molar-refractivity contribution in [2.45, 2.75) is 353 Å². The molecule has 0 spiro atoms. The van der Waals surface area contributed by atoms with E-state index in [-0.39, 0.29) is 25.9 Å². The predicted molar refractivity (Wildman–Crippen MR) is 340 cm³/mol. The summed E-state index contributed by atoms with van der Waals surface area (Å²) < 4.78 is 28.6. The van der Waals surface area contributed by atoms with E-state index in [1.54, 1.807) is 0 Å². The molecule has 0 aromatic rings. The summed E-state index contributed by atoms with van der Waals surface area (Å²) in [6.45, 7) is 5.90. The molecule has 1 aliphatic rings. The van der Waals surface area contributed by atoms with Gasteiger partial charge in [-0.2, -0.15) is 0 Å². The Morgan fingerprint density at radius 3 is 1.18 bits per heavy atom. The Balaban J connectivity index is 2.63. The maximum absolute atomic E-state index is 13.2. The second-order valence-electron chi connectivity index (χ2n) is 23.4. The summed E-state index contributed by atoms with van der Waals surface area (Å²) in [4.78, 5) is 51.4. The topological polar surface area (TPSA) is 175 Å². The van der Waals surface area contributed by atoms with E-state index in [0.29, 0.717) is 19.3 Å². The Morgan fingerprint density at radius 2 is 0.759 bits per heavy atom. The maximum atomic E-state index is 13.2. The van der Waals surface area contributed by atoms with E-state index >= 15 is 0 Å². The van der Waals surface area contributed by atoms with Gasteiger partial charge in [0.1, 0.15) is 18.8 Å². The van der Waals surface area contributed by atoms with Gasteiger partial charge < -0.3 is 39.0 Å². The van der Waals surface area contributed by atoms with Crippen LogP contribution in [0, 0.1) is 0 Å². The van der Waals surface area contributed by atoms with Crippen LogP contribution in [0.15, 0.2) is 60.8 Å². The van der Waals surface area contributed by atoms with Crippen LogP contribution in [0.3, 0.4) is 0 Å². The van der Waals surface area contributed by atoms with Crippen molar-refractivity contribution in [1.82, 2.24) is 0 Å². The fraction of sp³-hybridized carbons (Fsp3) is 0.803. The van der Waals surface area contributed by atoms with Gasteiger partial charge in [0.05, 0.1) is 6.61 Å². The van der Waals surface area contributed by atoms with E-state index < -0.39 is 67.3 Å². The lowest BCUT2D eigenvalue weighted by molar-refractivity contribution is -0.301. The van der Waals surface area contributed by atoms with Gasteiger partial charge in [-0.15, -0.1) is 0 Å². The fourth-order valence-corrected chi connectivity index (χ4v) is 10.4. The van der Waals surface area contributed by atoms with Gasteiger partial charge >= 0.3 is 23.9 Å². The summed E-state index contributed by atoms with van der Waals surface area (Å²) in [5, 5.41) is 31.6. The minimum Gasteiger partial charge on any atom is -0.479 e. The molecular formula is C71H124O12. The van der Waals surface area contributed by atoms with Gasteiger partial charge in [-0.25, -0.2) is 4.79 Å². The molecule has 0 aliphatic carbocycles. The van der Waals surface area contributed by atoms with Crippen LogP contribution in [0.2, 0.25) is 0 Å². The zero-order valence-electron chi connectivity index (χ0n) is 53.2. The third-order valence-corrected chi connectivity index (χ3v) is 15.6. The summed E-state index contributed by atoms with van der Waals surface area (Å²) in [6, 6.07) is 0. The molecule has 12 heteroatoms. The number of rotatable bonds is 59. The number of carbonyl (C=O) groups excluding carboxylic acids is 3. The molecule has 1 heterocycles. The largest absolute Gasteiger partial charge is 0.479 e. The lowest BCUT2D eigenvalue weighted by Crippen LogP contribution is -2.61. The molecule has 1 fully saturated rings. The number of aliphatic hydroxyl groups excluding tert-OH is 2. The number of aliphatic carboxylic acids is 1. The third-order valence-electron chi connectivity index (χ3n) is 15.6. The first kappa shape index (κ1) is 77.4. The maximum Gasteiger partial charge on any atom is 0.335 e. The van der Waals surface area contributed by atoms with Crippen molar-refractivity contribution in [1.29, 1.82) is 0 Å². The number of ether oxygens (including phenoxy) is 5. The minimum atomic E-state index is -1.91. The molecule has 1 rings (SSSR count). The molecule has 6 atom stereocenters. The molecule has 0 aromatic heterocycles. The highest BCUT2D eigenvalue weighted by atomic mass is 16.7. The number of esters is 3. The van der Waals surface area contributed by atoms with E-state index in [4.69, 9.17) is 23.7 Å². The van der Waals surface area contributed by atoms with Crippen LogP contribution >= 0.6 is 0 Å². The van der Waals surface area contributed by atoms with Crippen molar-refractivity contribution < 1.29 is 58.2 Å². The van der Waals surface area contributed by atoms with Gasteiger partial charge in [-0.1, -0.05) is 274 Å². The number of unbranched alkanes of at least 4 members (excludes halogenated alkanes) is 35. The van der Waals surface area contributed by atoms with Crippen molar-refractivity contribution >= 4 is 23.9 Å². The van der Waals surface area contributed by atoms with E-state index in [0.717, 1.165) is 109 Å².